The Morgan fingerprint density at radius 2 is 1.53 bits per heavy atom. The molecule has 0 radical (unpaired) electrons. The maximum absolute atomic E-state index is 7.44. The van der Waals surface area contributed by atoms with Gasteiger partial charge in [-0.3, -0.25) is 0 Å². The van der Waals surface area contributed by atoms with Crippen LogP contribution in [0.5, 0.6) is 11.5 Å². The van der Waals surface area contributed by atoms with Gasteiger partial charge in [-0.15, -0.1) is 0 Å². The number of thiazole rings is 1. The second-order valence-corrected chi connectivity index (χ2v) is 14.3. The largest absolute Gasteiger partial charge is 0.497 e. The smallest absolute Gasteiger partial charge is 0.197 e. The Hall–Kier alpha value is -4.00. The van der Waals surface area contributed by atoms with Crippen molar-refractivity contribution >= 4 is 39.4 Å². The Morgan fingerprint density at radius 3 is 2.18 bits per heavy atom. The predicted molar refractivity (Wildman–Crippen MR) is 208 cm³/mol. The lowest BCUT2D eigenvalue weighted by Gasteiger charge is -2.41. The van der Waals surface area contributed by atoms with Gasteiger partial charge in [0.25, 0.3) is 0 Å². The highest BCUT2D eigenvalue weighted by Gasteiger charge is 2.50. The van der Waals surface area contributed by atoms with Crippen LogP contribution in [0.25, 0.3) is 11.3 Å². The van der Waals surface area contributed by atoms with Gasteiger partial charge >= 0.3 is 0 Å². The van der Waals surface area contributed by atoms with E-state index in [-0.39, 0.29) is 0 Å². The molecular formula is C42H48ClN3O2S. The predicted octanol–water partition coefficient (Wildman–Crippen LogP) is 11.6. The number of methoxy groups -OCH3 is 1. The Morgan fingerprint density at radius 1 is 0.837 bits per heavy atom. The van der Waals surface area contributed by atoms with Gasteiger partial charge in [-0.1, -0.05) is 80.0 Å². The number of rotatable bonds is 13. The van der Waals surface area contributed by atoms with Crippen LogP contribution in [0.1, 0.15) is 79.1 Å². The number of benzene rings is 4. The minimum Gasteiger partial charge on any atom is -0.497 e. The monoisotopic (exact) mass is 693 g/mol. The number of anilines is 3. The molecule has 0 saturated carbocycles. The first-order valence-corrected chi connectivity index (χ1v) is 18.8. The number of para-hydroxylation sites is 2. The molecule has 5 nitrogen and oxygen atoms in total. The van der Waals surface area contributed by atoms with Crippen molar-refractivity contribution in [2.45, 2.75) is 72.8 Å². The molecule has 0 saturated heterocycles. The highest BCUT2D eigenvalue weighted by molar-refractivity contribution is 7.16. The van der Waals surface area contributed by atoms with Crippen LogP contribution in [-0.4, -0.2) is 31.7 Å². The first-order chi connectivity index (χ1) is 23.8. The van der Waals surface area contributed by atoms with Crippen LogP contribution < -0.4 is 19.3 Å². The third kappa shape index (κ3) is 6.30. The van der Waals surface area contributed by atoms with E-state index >= 15 is 0 Å². The van der Waals surface area contributed by atoms with Gasteiger partial charge in [0.2, 0.25) is 0 Å². The standard InChI is InChI=1S/C42H48ClN3O2S/c1-8-11-24-45(25-12-9-2)39-28(4)26-35(29(5)30(39)6)42(34-23-22-32(47-7)27-36(34)43)40-38(33-20-16-17-21-37(33)48-42)44-41(49-40)46(10-3)31-18-14-13-15-19-31/h13-23,26-27H,8-12,24-25H2,1-7H3. The second-order valence-electron chi connectivity index (χ2n) is 12.9. The van der Waals surface area contributed by atoms with Gasteiger partial charge in [0.1, 0.15) is 11.5 Å². The molecule has 6 rings (SSSR count). The summed E-state index contributed by atoms with van der Waals surface area (Å²) in [5.74, 6) is 1.49. The van der Waals surface area contributed by atoms with Gasteiger partial charge in [0.05, 0.1) is 22.7 Å². The number of hydrogen-bond acceptors (Lipinski definition) is 6. The van der Waals surface area contributed by atoms with Crippen LogP contribution in [0.4, 0.5) is 16.5 Å². The number of hydrogen-bond donors (Lipinski definition) is 0. The molecule has 49 heavy (non-hydrogen) atoms. The summed E-state index contributed by atoms with van der Waals surface area (Å²) >= 11 is 8.99. The minimum atomic E-state index is -1.06. The summed E-state index contributed by atoms with van der Waals surface area (Å²) in [5, 5.41) is 1.50. The summed E-state index contributed by atoms with van der Waals surface area (Å²) in [5.41, 5.74) is 8.95. The summed E-state index contributed by atoms with van der Waals surface area (Å²) in [6, 6.07) is 27.0. The maximum Gasteiger partial charge on any atom is 0.197 e. The molecule has 0 N–H and O–H groups in total. The molecular weight excluding hydrogens is 646 g/mol. The van der Waals surface area contributed by atoms with Gasteiger partial charge in [0, 0.05) is 47.7 Å². The lowest BCUT2D eigenvalue weighted by Crippen LogP contribution is -2.39. The Labute approximate surface area is 301 Å². The molecule has 0 fully saturated rings. The number of aryl methyl sites for hydroxylation is 1. The summed E-state index contributed by atoms with van der Waals surface area (Å²) in [4.78, 5) is 11.3. The molecule has 1 unspecified atom stereocenters. The average Bonchev–Trinajstić information content (AvgIpc) is 3.57. The van der Waals surface area contributed by atoms with E-state index in [0.29, 0.717) is 10.8 Å². The average molecular weight is 694 g/mol. The molecule has 0 aliphatic carbocycles. The van der Waals surface area contributed by atoms with E-state index in [2.05, 4.69) is 106 Å². The van der Waals surface area contributed by atoms with E-state index < -0.39 is 5.60 Å². The fourth-order valence-electron chi connectivity index (χ4n) is 7.21. The second kappa shape index (κ2) is 14.9. The number of aromatic nitrogens is 1. The quantitative estimate of drug-likeness (QED) is 0.123. The lowest BCUT2D eigenvalue weighted by molar-refractivity contribution is 0.155. The number of nitrogens with zero attached hydrogens (tertiary/aromatic N) is 3. The van der Waals surface area contributed by atoms with Gasteiger partial charge in [-0.2, -0.15) is 0 Å². The highest BCUT2D eigenvalue weighted by atomic mass is 35.5. The third-order valence-corrected chi connectivity index (χ3v) is 11.3. The maximum atomic E-state index is 7.44. The fraction of sp³-hybridized carbons (Fsp3) is 0.357. The first-order valence-electron chi connectivity index (χ1n) is 17.6. The van der Waals surface area contributed by atoms with Crippen molar-refractivity contribution in [2.75, 3.05) is 36.5 Å². The van der Waals surface area contributed by atoms with E-state index in [1.165, 1.54) is 35.2 Å². The van der Waals surface area contributed by atoms with Crippen LogP contribution in [-0.2, 0) is 5.60 Å². The van der Waals surface area contributed by atoms with Crippen LogP contribution >= 0.6 is 22.9 Å². The molecule has 0 bridgehead atoms. The topological polar surface area (TPSA) is 37.8 Å². The van der Waals surface area contributed by atoms with Crippen molar-refractivity contribution in [3.8, 4) is 22.8 Å². The number of fused-ring (bicyclic) bond motifs is 3. The van der Waals surface area contributed by atoms with E-state index in [0.717, 1.165) is 76.3 Å². The zero-order valence-electron chi connectivity index (χ0n) is 29.9. The third-order valence-electron chi connectivity index (χ3n) is 9.83. The van der Waals surface area contributed by atoms with Crippen molar-refractivity contribution in [1.29, 1.82) is 0 Å². The van der Waals surface area contributed by atoms with Crippen molar-refractivity contribution in [3.63, 3.8) is 0 Å². The zero-order chi connectivity index (χ0) is 34.7. The number of ether oxygens (including phenoxy) is 2. The van der Waals surface area contributed by atoms with Crippen LogP contribution in [0.3, 0.4) is 0 Å². The molecule has 1 aliphatic rings. The molecule has 7 heteroatoms. The van der Waals surface area contributed by atoms with Crippen LogP contribution in [0, 0.1) is 20.8 Å². The van der Waals surface area contributed by atoms with Crippen LogP contribution in [0.2, 0.25) is 5.02 Å². The minimum absolute atomic E-state index is 0.585. The van der Waals surface area contributed by atoms with Crippen molar-refractivity contribution in [2.24, 2.45) is 0 Å². The Kier molecular flexibility index (Phi) is 10.6. The first kappa shape index (κ1) is 34.8. The summed E-state index contributed by atoms with van der Waals surface area (Å²) in [7, 11) is 1.67. The molecule has 1 aliphatic heterocycles. The van der Waals surface area contributed by atoms with Gasteiger partial charge in [-0.25, -0.2) is 4.98 Å². The lowest BCUT2D eigenvalue weighted by atomic mass is 9.77. The normalized spacial score (nSPS) is 14.9. The molecule has 0 amide bonds. The van der Waals surface area contributed by atoms with Crippen molar-refractivity contribution in [1.82, 2.24) is 4.98 Å². The van der Waals surface area contributed by atoms with E-state index in [9.17, 15) is 0 Å². The highest BCUT2D eigenvalue weighted by Crippen LogP contribution is 2.57. The van der Waals surface area contributed by atoms with Crippen molar-refractivity contribution < 1.29 is 9.47 Å². The molecule has 2 heterocycles. The van der Waals surface area contributed by atoms with E-state index in [1.54, 1.807) is 18.4 Å². The fourth-order valence-corrected chi connectivity index (χ4v) is 8.83. The SMILES string of the molecule is CCCCN(CCCC)c1c(C)cc(C2(c3ccc(OC)cc3Cl)Oc3ccccc3-c3nc(N(CC)c4ccccc4)sc32)c(C)c1C. The summed E-state index contributed by atoms with van der Waals surface area (Å²) < 4.78 is 13.1. The van der Waals surface area contributed by atoms with Gasteiger partial charge in [-0.05, 0) is 106 Å². The van der Waals surface area contributed by atoms with Crippen LogP contribution in [0.15, 0.2) is 78.9 Å². The van der Waals surface area contributed by atoms with E-state index in [1.807, 2.05) is 24.3 Å². The van der Waals surface area contributed by atoms with Gasteiger partial charge in [0.15, 0.2) is 10.7 Å². The summed E-state index contributed by atoms with van der Waals surface area (Å²) in [6.45, 7) is 16.4. The van der Waals surface area contributed by atoms with Gasteiger partial charge < -0.3 is 19.3 Å². The summed E-state index contributed by atoms with van der Waals surface area (Å²) in [6.07, 6.45) is 4.66. The number of halogens is 1. The van der Waals surface area contributed by atoms with Crippen molar-refractivity contribution in [3.05, 3.63) is 117 Å². The zero-order valence-corrected chi connectivity index (χ0v) is 31.5. The van der Waals surface area contributed by atoms with E-state index in [4.69, 9.17) is 26.1 Å². The molecule has 4 aromatic carbocycles. The molecule has 256 valence electrons. The molecule has 0 spiro atoms. The Bertz CT molecular complexity index is 1920. The molecule has 5 aromatic rings. The molecule has 1 atom stereocenters. The molecule has 1 aromatic heterocycles. The Balaban J connectivity index is 1.67. The number of unbranched alkanes of at least 4 members (excludes halogenated alkanes) is 2.